The molecule has 0 aliphatic carbocycles. The number of thiazole rings is 1. The first-order chi connectivity index (χ1) is 9.92. The topological polar surface area (TPSA) is 54.5 Å². The third-order valence-electron chi connectivity index (χ3n) is 3.08. The maximum absolute atomic E-state index is 4.67. The largest absolute Gasteiger partial charge is 0.276 e. The van der Waals surface area contributed by atoms with E-state index in [2.05, 4.69) is 26.2 Å². The summed E-state index contributed by atoms with van der Waals surface area (Å²) in [5.74, 6) is 0. The number of benzene rings is 1. The van der Waals surface area contributed by atoms with Crippen molar-refractivity contribution in [2.24, 2.45) is 0 Å². The van der Waals surface area contributed by atoms with Crippen LogP contribution in [0, 0.1) is 0 Å². The van der Waals surface area contributed by atoms with Crippen LogP contribution < -0.4 is 0 Å². The van der Waals surface area contributed by atoms with Crippen molar-refractivity contribution >= 4 is 21.6 Å². The molecule has 96 valence electrons. The van der Waals surface area contributed by atoms with Crippen molar-refractivity contribution < 1.29 is 0 Å². The highest BCUT2D eigenvalue weighted by molar-refractivity contribution is 7.21. The van der Waals surface area contributed by atoms with Crippen molar-refractivity contribution in [2.45, 2.75) is 0 Å². The first kappa shape index (κ1) is 11.3. The standard InChI is InChI=1S/C15H10N4S/c1-2-7-13-11(5-1)18-15(20-13)10-9-17-19-14(10)12-6-3-4-8-16-12/h1-9H,(H,17,19). The van der Waals surface area contributed by atoms with E-state index in [0.717, 1.165) is 27.5 Å². The van der Waals surface area contributed by atoms with Gasteiger partial charge in [0.2, 0.25) is 0 Å². The van der Waals surface area contributed by atoms with Gasteiger partial charge in [-0.05, 0) is 24.3 Å². The number of fused-ring (bicyclic) bond motifs is 1. The molecule has 3 heterocycles. The number of para-hydroxylation sites is 1. The fourth-order valence-corrected chi connectivity index (χ4v) is 3.12. The summed E-state index contributed by atoms with van der Waals surface area (Å²) >= 11 is 1.66. The second-order valence-electron chi connectivity index (χ2n) is 4.36. The van der Waals surface area contributed by atoms with Crippen LogP contribution in [0.5, 0.6) is 0 Å². The molecule has 0 aliphatic rings. The van der Waals surface area contributed by atoms with Gasteiger partial charge in [0.1, 0.15) is 5.01 Å². The second kappa shape index (κ2) is 4.54. The van der Waals surface area contributed by atoms with E-state index < -0.39 is 0 Å². The lowest BCUT2D eigenvalue weighted by atomic mass is 10.2. The Labute approximate surface area is 119 Å². The van der Waals surface area contributed by atoms with Gasteiger partial charge in [0.15, 0.2) is 0 Å². The predicted octanol–water partition coefficient (Wildman–Crippen LogP) is 3.75. The molecule has 0 amide bonds. The Kier molecular flexibility index (Phi) is 2.57. The molecule has 1 aromatic carbocycles. The Morgan fingerprint density at radius 1 is 1.00 bits per heavy atom. The van der Waals surface area contributed by atoms with Gasteiger partial charge in [-0.15, -0.1) is 11.3 Å². The van der Waals surface area contributed by atoms with Gasteiger partial charge in [0.05, 0.1) is 33.4 Å². The number of aromatic amines is 1. The molecular weight excluding hydrogens is 268 g/mol. The summed E-state index contributed by atoms with van der Waals surface area (Å²) < 4.78 is 1.18. The van der Waals surface area contributed by atoms with Crippen molar-refractivity contribution in [3.8, 4) is 22.0 Å². The lowest BCUT2D eigenvalue weighted by molar-refractivity contribution is 1.09. The molecule has 0 bridgehead atoms. The Hall–Kier alpha value is -2.53. The molecule has 4 nitrogen and oxygen atoms in total. The number of H-pyrrole nitrogens is 1. The van der Waals surface area contributed by atoms with Crippen LogP contribution in [0.4, 0.5) is 0 Å². The van der Waals surface area contributed by atoms with Crippen molar-refractivity contribution in [1.82, 2.24) is 20.2 Å². The number of hydrogen-bond acceptors (Lipinski definition) is 4. The molecule has 0 radical (unpaired) electrons. The van der Waals surface area contributed by atoms with Gasteiger partial charge < -0.3 is 0 Å². The van der Waals surface area contributed by atoms with Crippen LogP contribution in [0.25, 0.3) is 32.2 Å². The number of rotatable bonds is 2. The number of hydrogen-bond donors (Lipinski definition) is 1. The molecule has 4 aromatic rings. The van der Waals surface area contributed by atoms with E-state index >= 15 is 0 Å². The third kappa shape index (κ3) is 1.80. The molecule has 5 heteroatoms. The van der Waals surface area contributed by atoms with Crippen LogP contribution in [-0.4, -0.2) is 20.2 Å². The monoisotopic (exact) mass is 278 g/mol. The highest BCUT2D eigenvalue weighted by Gasteiger charge is 2.14. The average molecular weight is 278 g/mol. The Morgan fingerprint density at radius 3 is 2.75 bits per heavy atom. The zero-order chi connectivity index (χ0) is 13.4. The zero-order valence-corrected chi connectivity index (χ0v) is 11.3. The quantitative estimate of drug-likeness (QED) is 0.607. The van der Waals surface area contributed by atoms with E-state index in [-0.39, 0.29) is 0 Å². The summed E-state index contributed by atoms with van der Waals surface area (Å²) in [6, 6.07) is 14.0. The summed E-state index contributed by atoms with van der Waals surface area (Å²) in [6.07, 6.45) is 3.58. The lowest BCUT2D eigenvalue weighted by Gasteiger charge is -1.98. The van der Waals surface area contributed by atoms with E-state index in [4.69, 9.17) is 0 Å². The van der Waals surface area contributed by atoms with Crippen LogP contribution >= 0.6 is 11.3 Å². The van der Waals surface area contributed by atoms with E-state index in [1.165, 1.54) is 4.70 Å². The van der Waals surface area contributed by atoms with Crippen LogP contribution in [-0.2, 0) is 0 Å². The van der Waals surface area contributed by atoms with Crippen molar-refractivity contribution in [3.63, 3.8) is 0 Å². The summed E-state index contributed by atoms with van der Waals surface area (Å²) in [4.78, 5) is 9.04. The Morgan fingerprint density at radius 2 is 1.90 bits per heavy atom. The van der Waals surface area contributed by atoms with E-state index in [9.17, 15) is 0 Å². The minimum absolute atomic E-state index is 0.874. The molecule has 3 aromatic heterocycles. The fraction of sp³-hybridized carbons (Fsp3) is 0. The van der Waals surface area contributed by atoms with Crippen LogP contribution in [0.2, 0.25) is 0 Å². The molecule has 0 fully saturated rings. The smallest absolute Gasteiger partial charge is 0.128 e. The van der Waals surface area contributed by atoms with Crippen LogP contribution in [0.1, 0.15) is 0 Å². The minimum atomic E-state index is 0.874. The molecule has 0 unspecified atom stereocenters. The van der Waals surface area contributed by atoms with Gasteiger partial charge in [-0.1, -0.05) is 18.2 Å². The number of nitrogens with zero attached hydrogens (tertiary/aromatic N) is 3. The molecule has 4 rings (SSSR count). The summed E-state index contributed by atoms with van der Waals surface area (Å²) in [5, 5.41) is 8.12. The van der Waals surface area contributed by atoms with Gasteiger partial charge in [0.25, 0.3) is 0 Å². The highest BCUT2D eigenvalue weighted by Crippen LogP contribution is 2.34. The number of pyridine rings is 1. The van der Waals surface area contributed by atoms with Crippen molar-refractivity contribution in [1.29, 1.82) is 0 Å². The van der Waals surface area contributed by atoms with E-state index in [1.807, 2.05) is 42.6 Å². The van der Waals surface area contributed by atoms with Gasteiger partial charge in [0, 0.05) is 6.20 Å². The molecule has 0 saturated carbocycles. The first-order valence-electron chi connectivity index (χ1n) is 6.22. The third-order valence-corrected chi connectivity index (χ3v) is 4.15. The minimum Gasteiger partial charge on any atom is -0.276 e. The Balaban J connectivity index is 1.89. The van der Waals surface area contributed by atoms with Crippen LogP contribution in [0.3, 0.4) is 0 Å². The maximum atomic E-state index is 4.67. The molecule has 0 saturated heterocycles. The van der Waals surface area contributed by atoms with Gasteiger partial charge in [-0.2, -0.15) is 5.10 Å². The van der Waals surface area contributed by atoms with Gasteiger partial charge in [-0.25, -0.2) is 4.98 Å². The van der Waals surface area contributed by atoms with E-state index in [1.54, 1.807) is 17.5 Å². The molecular formula is C15H10N4S. The molecule has 1 N–H and O–H groups in total. The normalized spacial score (nSPS) is 11.0. The van der Waals surface area contributed by atoms with Gasteiger partial charge >= 0.3 is 0 Å². The summed E-state index contributed by atoms with van der Waals surface area (Å²) in [6.45, 7) is 0. The zero-order valence-electron chi connectivity index (χ0n) is 10.4. The Bertz CT molecular complexity index is 831. The molecule has 0 aliphatic heterocycles. The average Bonchev–Trinajstić information content (AvgIpc) is 3.14. The number of aromatic nitrogens is 4. The maximum Gasteiger partial charge on any atom is 0.128 e. The summed E-state index contributed by atoms with van der Waals surface area (Å²) in [7, 11) is 0. The molecule has 0 spiro atoms. The lowest BCUT2D eigenvalue weighted by Crippen LogP contribution is -1.85. The molecule has 20 heavy (non-hydrogen) atoms. The molecule has 0 atom stereocenters. The first-order valence-corrected chi connectivity index (χ1v) is 7.04. The second-order valence-corrected chi connectivity index (χ2v) is 5.39. The van der Waals surface area contributed by atoms with Crippen molar-refractivity contribution in [3.05, 3.63) is 54.9 Å². The summed E-state index contributed by atoms with van der Waals surface area (Å²) in [5.41, 5.74) is 3.79. The fourth-order valence-electron chi connectivity index (χ4n) is 2.14. The van der Waals surface area contributed by atoms with Crippen LogP contribution in [0.15, 0.2) is 54.9 Å². The van der Waals surface area contributed by atoms with E-state index in [0.29, 0.717) is 0 Å². The highest BCUT2D eigenvalue weighted by atomic mass is 32.1. The van der Waals surface area contributed by atoms with Crippen molar-refractivity contribution in [2.75, 3.05) is 0 Å². The SMILES string of the molecule is c1ccc(-c2[nH]ncc2-c2nc3ccccc3s2)nc1. The number of nitrogens with one attached hydrogen (secondary N) is 1. The van der Waals surface area contributed by atoms with Gasteiger partial charge in [-0.3, -0.25) is 10.1 Å². The predicted molar refractivity (Wildman–Crippen MR) is 80.4 cm³/mol.